The highest BCUT2D eigenvalue weighted by molar-refractivity contribution is 7.80. The molecule has 1 heterocycles. The van der Waals surface area contributed by atoms with Crippen molar-refractivity contribution in [3.63, 3.8) is 0 Å². The zero-order valence-electron chi connectivity index (χ0n) is 7.52. The number of rotatable bonds is 1. The molecule has 3 nitrogen and oxygen atoms in total. The van der Waals surface area contributed by atoms with Crippen LogP contribution < -0.4 is 0 Å². The van der Waals surface area contributed by atoms with E-state index in [1.165, 1.54) is 0 Å². The number of aromatic nitrogens is 1. The maximum Gasteiger partial charge on any atom is 0.269 e. The Morgan fingerprint density at radius 2 is 2.00 bits per heavy atom. The van der Waals surface area contributed by atoms with Gasteiger partial charge >= 0.3 is 0 Å². The van der Waals surface area contributed by atoms with Gasteiger partial charge < -0.3 is 4.74 Å². The molecule has 0 aromatic carbocycles. The molecule has 0 N–H and O–H groups in total. The molecule has 0 fully saturated rings. The van der Waals surface area contributed by atoms with Gasteiger partial charge in [-0.3, -0.25) is 4.57 Å². The minimum atomic E-state index is -0.874. The van der Waals surface area contributed by atoms with Crippen LogP contribution in [0.4, 0.5) is 0 Å². The van der Waals surface area contributed by atoms with Crippen molar-refractivity contribution in [3.8, 4) is 6.07 Å². The van der Waals surface area contributed by atoms with E-state index >= 15 is 0 Å². The van der Waals surface area contributed by atoms with Crippen molar-refractivity contribution in [2.24, 2.45) is 0 Å². The molecule has 68 valence electrons. The monoisotopic (exact) mass is 194 g/mol. The Hall–Kier alpha value is -1.34. The Morgan fingerprint density at radius 3 is 2.46 bits per heavy atom. The lowest BCUT2D eigenvalue weighted by molar-refractivity contribution is 0.154. The second-order valence-electron chi connectivity index (χ2n) is 3.08. The van der Waals surface area contributed by atoms with Gasteiger partial charge in [-0.1, -0.05) is 0 Å². The lowest BCUT2D eigenvalue weighted by Crippen LogP contribution is -2.27. The van der Waals surface area contributed by atoms with Gasteiger partial charge in [-0.2, -0.15) is 5.26 Å². The minimum absolute atomic E-state index is 0.288. The fourth-order valence-electron chi connectivity index (χ4n) is 0.750. The first-order chi connectivity index (χ1) is 6.05. The van der Waals surface area contributed by atoms with Crippen molar-refractivity contribution in [3.05, 3.63) is 24.5 Å². The molecule has 13 heavy (non-hydrogen) atoms. The van der Waals surface area contributed by atoms with Crippen LogP contribution >= 0.6 is 12.2 Å². The van der Waals surface area contributed by atoms with Gasteiger partial charge in [0.05, 0.1) is 0 Å². The number of nitrogens with zero attached hydrogens (tertiary/aromatic N) is 2. The molecule has 0 radical (unpaired) electrons. The van der Waals surface area contributed by atoms with Crippen LogP contribution in [0.1, 0.15) is 13.8 Å². The van der Waals surface area contributed by atoms with Crippen LogP contribution in [0.15, 0.2) is 24.5 Å². The van der Waals surface area contributed by atoms with Crippen LogP contribution in [0, 0.1) is 11.3 Å². The smallest absolute Gasteiger partial charge is 0.269 e. The van der Waals surface area contributed by atoms with Gasteiger partial charge in [-0.25, -0.2) is 0 Å². The van der Waals surface area contributed by atoms with Crippen LogP contribution in [0.2, 0.25) is 0 Å². The van der Waals surface area contributed by atoms with E-state index in [2.05, 4.69) is 0 Å². The van der Waals surface area contributed by atoms with E-state index < -0.39 is 5.60 Å². The number of hydrogen-bond donors (Lipinski definition) is 0. The first-order valence-electron chi connectivity index (χ1n) is 3.83. The minimum Gasteiger partial charge on any atom is -0.449 e. The lowest BCUT2D eigenvalue weighted by Gasteiger charge is -2.18. The van der Waals surface area contributed by atoms with Crippen molar-refractivity contribution < 1.29 is 4.74 Å². The summed E-state index contributed by atoms with van der Waals surface area (Å²) in [5.74, 6) is 0. The van der Waals surface area contributed by atoms with Crippen LogP contribution in [0.5, 0.6) is 0 Å². The molecule has 0 aliphatic heterocycles. The average Bonchev–Trinajstić information content (AvgIpc) is 2.55. The average molecular weight is 194 g/mol. The second-order valence-corrected chi connectivity index (χ2v) is 3.43. The normalized spacial score (nSPS) is 10.5. The molecular formula is C9H10N2OS. The number of nitriles is 1. The van der Waals surface area contributed by atoms with E-state index in [0.29, 0.717) is 0 Å². The predicted molar refractivity (Wildman–Crippen MR) is 53.2 cm³/mol. The predicted octanol–water partition coefficient (Wildman–Crippen LogP) is 1.94. The molecule has 0 spiro atoms. The number of ether oxygens (including phenoxy) is 1. The van der Waals surface area contributed by atoms with Gasteiger partial charge in [0, 0.05) is 12.4 Å². The highest BCUT2D eigenvalue weighted by atomic mass is 32.1. The SMILES string of the molecule is CC(C)(C#N)OC(=S)n1cccc1. The Balaban J connectivity index is 2.68. The van der Waals surface area contributed by atoms with Gasteiger partial charge in [-0.05, 0) is 38.2 Å². The van der Waals surface area contributed by atoms with E-state index in [1.54, 1.807) is 30.8 Å². The van der Waals surface area contributed by atoms with Crippen molar-refractivity contribution in [2.45, 2.75) is 19.4 Å². The first kappa shape index (κ1) is 9.75. The maximum atomic E-state index is 8.70. The lowest BCUT2D eigenvalue weighted by atomic mass is 10.2. The van der Waals surface area contributed by atoms with Crippen LogP contribution in [-0.2, 0) is 4.74 Å². The molecule has 0 atom stereocenters. The summed E-state index contributed by atoms with van der Waals surface area (Å²) in [6.45, 7) is 3.34. The number of hydrogen-bond acceptors (Lipinski definition) is 3. The Kier molecular flexibility index (Phi) is 2.69. The van der Waals surface area contributed by atoms with E-state index in [9.17, 15) is 0 Å². The van der Waals surface area contributed by atoms with Gasteiger partial charge in [-0.15, -0.1) is 0 Å². The fraction of sp³-hybridized carbons (Fsp3) is 0.333. The zero-order chi connectivity index (χ0) is 9.90. The molecular weight excluding hydrogens is 184 g/mol. The summed E-state index contributed by atoms with van der Waals surface area (Å²) in [6.07, 6.45) is 3.55. The van der Waals surface area contributed by atoms with Crippen LogP contribution in [0.3, 0.4) is 0 Å². The summed E-state index contributed by atoms with van der Waals surface area (Å²) >= 11 is 4.98. The molecule has 0 saturated heterocycles. The van der Waals surface area contributed by atoms with Crippen LogP contribution in [-0.4, -0.2) is 15.3 Å². The maximum absolute atomic E-state index is 8.70. The summed E-state index contributed by atoms with van der Waals surface area (Å²) in [5, 5.41) is 8.99. The van der Waals surface area contributed by atoms with Gasteiger partial charge in [0.25, 0.3) is 5.17 Å². The molecule has 0 aliphatic rings. The van der Waals surface area contributed by atoms with E-state index in [0.717, 1.165) is 0 Å². The summed E-state index contributed by atoms with van der Waals surface area (Å²) in [4.78, 5) is 0. The molecule has 0 saturated carbocycles. The summed E-state index contributed by atoms with van der Waals surface area (Å²) < 4.78 is 6.91. The van der Waals surface area contributed by atoms with Crippen molar-refractivity contribution in [2.75, 3.05) is 0 Å². The third-order valence-corrected chi connectivity index (χ3v) is 1.72. The molecule has 0 amide bonds. The molecule has 1 rings (SSSR count). The Labute approximate surface area is 82.5 Å². The largest absolute Gasteiger partial charge is 0.449 e. The zero-order valence-corrected chi connectivity index (χ0v) is 8.34. The van der Waals surface area contributed by atoms with E-state index in [-0.39, 0.29) is 5.17 Å². The quantitative estimate of drug-likeness (QED) is 0.641. The van der Waals surface area contributed by atoms with Gasteiger partial charge in [0.2, 0.25) is 0 Å². The summed E-state index contributed by atoms with van der Waals surface area (Å²) in [5.41, 5.74) is -0.874. The van der Waals surface area contributed by atoms with Gasteiger partial charge in [0.1, 0.15) is 6.07 Å². The van der Waals surface area contributed by atoms with Crippen molar-refractivity contribution in [1.82, 2.24) is 4.57 Å². The second kappa shape index (κ2) is 3.58. The molecule has 4 heteroatoms. The van der Waals surface area contributed by atoms with Gasteiger partial charge in [0.15, 0.2) is 5.60 Å². The molecule has 1 aromatic rings. The number of thiocarbonyl (C=S) groups is 1. The molecule has 0 aliphatic carbocycles. The summed E-state index contributed by atoms with van der Waals surface area (Å²) in [7, 11) is 0. The highest BCUT2D eigenvalue weighted by Crippen LogP contribution is 2.09. The highest BCUT2D eigenvalue weighted by Gasteiger charge is 2.20. The summed E-state index contributed by atoms with van der Waals surface area (Å²) in [6, 6.07) is 5.70. The van der Waals surface area contributed by atoms with E-state index in [1.807, 2.05) is 18.2 Å². The third-order valence-electron chi connectivity index (χ3n) is 1.43. The molecule has 1 aromatic heterocycles. The Bertz CT molecular complexity index is 335. The van der Waals surface area contributed by atoms with Crippen molar-refractivity contribution >= 4 is 17.4 Å². The molecule has 0 unspecified atom stereocenters. The van der Waals surface area contributed by atoms with E-state index in [4.69, 9.17) is 22.2 Å². The fourth-order valence-corrected chi connectivity index (χ4v) is 1.08. The van der Waals surface area contributed by atoms with Crippen LogP contribution in [0.25, 0.3) is 0 Å². The standard InChI is InChI=1S/C9H10N2OS/c1-9(2,7-10)12-8(13)11-5-3-4-6-11/h3-6H,1-2H3. The van der Waals surface area contributed by atoms with Crippen molar-refractivity contribution in [1.29, 1.82) is 5.26 Å². The third kappa shape index (κ3) is 2.56. The first-order valence-corrected chi connectivity index (χ1v) is 4.23. The Morgan fingerprint density at radius 1 is 1.46 bits per heavy atom. The molecule has 0 bridgehead atoms. The topological polar surface area (TPSA) is 37.9 Å².